The molecule has 0 N–H and O–H groups in total. The van der Waals surface area contributed by atoms with E-state index < -0.39 is 0 Å². The van der Waals surface area contributed by atoms with Gasteiger partial charge in [-0.3, -0.25) is 0 Å². The lowest BCUT2D eigenvalue weighted by Gasteiger charge is -2.09. The van der Waals surface area contributed by atoms with Crippen LogP contribution in [0.25, 0.3) is 0 Å². The Morgan fingerprint density at radius 2 is 2.10 bits per heavy atom. The molecule has 0 fully saturated rings. The average molecular weight is 308 g/mol. The van der Waals surface area contributed by atoms with E-state index in [9.17, 15) is 0 Å². The molecule has 0 spiro atoms. The number of hydrogen-bond donors (Lipinski definition) is 0. The maximum Gasteiger partial charge on any atom is 0.191 e. The van der Waals surface area contributed by atoms with E-state index in [4.69, 9.17) is 11.6 Å². The quantitative estimate of drug-likeness (QED) is 0.580. The van der Waals surface area contributed by atoms with Gasteiger partial charge in [0.25, 0.3) is 0 Å². The summed E-state index contributed by atoms with van der Waals surface area (Å²) in [5.41, 5.74) is 1.11. The van der Waals surface area contributed by atoms with Gasteiger partial charge in [-0.25, -0.2) is 0 Å². The molecule has 0 radical (unpaired) electrons. The minimum Gasteiger partial charge on any atom is -0.302 e. The molecule has 106 valence electrons. The Balaban J connectivity index is 2.17. The van der Waals surface area contributed by atoms with Crippen LogP contribution < -0.4 is 0 Å². The molecule has 0 saturated heterocycles. The highest BCUT2D eigenvalue weighted by molar-refractivity contribution is 7.98. The lowest BCUT2D eigenvalue weighted by Crippen LogP contribution is -2.05. The van der Waals surface area contributed by atoms with Gasteiger partial charge in [0.05, 0.1) is 0 Å². The smallest absolute Gasteiger partial charge is 0.191 e. The van der Waals surface area contributed by atoms with Gasteiger partial charge in [0.1, 0.15) is 5.82 Å². The van der Waals surface area contributed by atoms with Crippen LogP contribution in [0.4, 0.5) is 0 Å². The SMILES string of the molecule is C=CCn1c(SCc2ccccc2Cl)nnc1C(C)C. The molecule has 2 rings (SSSR count). The standard InChI is InChI=1S/C15H18ClN3S/c1-4-9-19-14(11(2)3)17-18-15(19)20-10-12-7-5-6-8-13(12)16/h4-8,11H,1,9-10H2,2-3H3. The minimum atomic E-state index is 0.345. The van der Waals surface area contributed by atoms with Gasteiger partial charge in [-0.15, -0.1) is 16.8 Å². The number of nitrogens with zero attached hydrogens (tertiary/aromatic N) is 3. The Labute approximate surface area is 129 Å². The zero-order valence-corrected chi connectivity index (χ0v) is 13.3. The third kappa shape index (κ3) is 3.44. The fourth-order valence-electron chi connectivity index (χ4n) is 1.89. The Morgan fingerprint density at radius 1 is 1.35 bits per heavy atom. The van der Waals surface area contributed by atoms with Crippen LogP contribution in [0.3, 0.4) is 0 Å². The molecule has 3 nitrogen and oxygen atoms in total. The van der Waals surface area contributed by atoms with Crippen molar-refractivity contribution in [3.8, 4) is 0 Å². The van der Waals surface area contributed by atoms with Crippen molar-refractivity contribution in [3.63, 3.8) is 0 Å². The highest BCUT2D eigenvalue weighted by atomic mass is 35.5. The molecule has 2 aromatic rings. The number of hydrogen-bond acceptors (Lipinski definition) is 3. The molecule has 0 unspecified atom stereocenters. The third-order valence-corrected chi connectivity index (χ3v) is 4.27. The van der Waals surface area contributed by atoms with Gasteiger partial charge in [-0.2, -0.15) is 0 Å². The van der Waals surface area contributed by atoms with E-state index in [1.165, 1.54) is 0 Å². The Bertz CT molecular complexity index is 593. The summed E-state index contributed by atoms with van der Waals surface area (Å²) in [6, 6.07) is 7.88. The molecule has 1 aromatic carbocycles. The fraction of sp³-hybridized carbons (Fsp3) is 0.333. The number of allylic oxidation sites excluding steroid dienone is 1. The summed E-state index contributed by atoms with van der Waals surface area (Å²) in [5, 5.41) is 10.3. The molecule has 1 heterocycles. The highest BCUT2D eigenvalue weighted by Gasteiger charge is 2.14. The first kappa shape index (κ1) is 15.1. The van der Waals surface area contributed by atoms with Gasteiger partial charge in [0, 0.05) is 23.2 Å². The molecule has 0 aliphatic rings. The normalized spacial score (nSPS) is 11.0. The van der Waals surface area contributed by atoms with Crippen molar-refractivity contribution in [2.45, 2.75) is 37.2 Å². The Kier molecular flexibility index (Phi) is 5.26. The van der Waals surface area contributed by atoms with Gasteiger partial charge in [0.2, 0.25) is 0 Å². The summed E-state index contributed by atoms with van der Waals surface area (Å²) in [5.74, 6) is 2.12. The topological polar surface area (TPSA) is 30.7 Å². The largest absolute Gasteiger partial charge is 0.302 e. The van der Waals surface area contributed by atoms with Crippen LogP contribution in [-0.4, -0.2) is 14.8 Å². The molecule has 20 heavy (non-hydrogen) atoms. The summed E-state index contributed by atoms with van der Waals surface area (Å²) in [6.07, 6.45) is 1.87. The highest BCUT2D eigenvalue weighted by Crippen LogP contribution is 2.27. The van der Waals surface area contributed by atoms with E-state index in [0.717, 1.165) is 33.9 Å². The first-order valence-electron chi connectivity index (χ1n) is 6.53. The molecule has 1 aromatic heterocycles. The number of halogens is 1. The first-order valence-corrected chi connectivity index (χ1v) is 7.90. The van der Waals surface area contributed by atoms with Crippen molar-refractivity contribution < 1.29 is 0 Å². The predicted octanol–water partition coefficient (Wildman–Crippen LogP) is 4.53. The van der Waals surface area contributed by atoms with Crippen LogP contribution in [-0.2, 0) is 12.3 Å². The zero-order valence-electron chi connectivity index (χ0n) is 11.7. The lowest BCUT2D eigenvalue weighted by atomic mass is 10.2. The molecular formula is C15H18ClN3S. The van der Waals surface area contributed by atoms with Crippen molar-refractivity contribution in [1.29, 1.82) is 0 Å². The fourth-order valence-corrected chi connectivity index (χ4v) is 3.13. The maximum atomic E-state index is 6.17. The van der Waals surface area contributed by atoms with E-state index >= 15 is 0 Å². The van der Waals surface area contributed by atoms with Crippen LogP contribution >= 0.6 is 23.4 Å². The Morgan fingerprint density at radius 3 is 2.75 bits per heavy atom. The summed E-state index contributed by atoms with van der Waals surface area (Å²) < 4.78 is 2.11. The van der Waals surface area contributed by atoms with E-state index in [2.05, 4.69) is 35.2 Å². The van der Waals surface area contributed by atoms with Gasteiger partial charge in [-0.05, 0) is 11.6 Å². The summed E-state index contributed by atoms with van der Waals surface area (Å²) in [7, 11) is 0. The second-order valence-electron chi connectivity index (χ2n) is 4.77. The van der Waals surface area contributed by atoms with Crippen LogP contribution in [0.2, 0.25) is 5.02 Å². The van der Waals surface area contributed by atoms with E-state index in [-0.39, 0.29) is 0 Å². The average Bonchev–Trinajstić information content (AvgIpc) is 2.82. The summed E-state index contributed by atoms with van der Waals surface area (Å²) in [4.78, 5) is 0. The molecule has 0 bridgehead atoms. The van der Waals surface area contributed by atoms with Crippen molar-refractivity contribution in [3.05, 3.63) is 53.3 Å². The number of rotatable bonds is 6. The summed E-state index contributed by atoms with van der Waals surface area (Å²) >= 11 is 7.82. The third-order valence-electron chi connectivity index (χ3n) is 2.89. The summed E-state index contributed by atoms with van der Waals surface area (Å²) in [6.45, 7) is 8.76. The molecule has 0 saturated carbocycles. The van der Waals surface area contributed by atoms with Crippen molar-refractivity contribution >= 4 is 23.4 Å². The molecule has 5 heteroatoms. The molecule has 0 aliphatic heterocycles. The van der Waals surface area contributed by atoms with Gasteiger partial charge >= 0.3 is 0 Å². The first-order chi connectivity index (χ1) is 9.63. The predicted molar refractivity (Wildman–Crippen MR) is 85.3 cm³/mol. The van der Waals surface area contributed by atoms with Gasteiger partial charge in [0.15, 0.2) is 5.16 Å². The number of thioether (sulfide) groups is 1. The van der Waals surface area contributed by atoms with Gasteiger partial charge < -0.3 is 4.57 Å². The lowest BCUT2D eigenvalue weighted by molar-refractivity contribution is 0.641. The van der Waals surface area contributed by atoms with Crippen LogP contribution in [0.1, 0.15) is 31.2 Å². The Hall–Kier alpha value is -1.26. The van der Waals surface area contributed by atoms with Crippen molar-refractivity contribution in [1.82, 2.24) is 14.8 Å². The van der Waals surface area contributed by atoms with E-state index in [0.29, 0.717) is 5.92 Å². The van der Waals surface area contributed by atoms with E-state index in [1.807, 2.05) is 30.3 Å². The number of aromatic nitrogens is 3. The molecule has 0 amide bonds. The van der Waals surface area contributed by atoms with E-state index in [1.54, 1.807) is 11.8 Å². The minimum absolute atomic E-state index is 0.345. The van der Waals surface area contributed by atoms with Crippen molar-refractivity contribution in [2.24, 2.45) is 0 Å². The second kappa shape index (κ2) is 6.95. The molecule has 0 atom stereocenters. The van der Waals surface area contributed by atoms with Crippen molar-refractivity contribution in [2.75, 3.05) is 0 Å². The number of benzene rings is 1. The van der Waals surface area contributed by atoms with Crippen LogP contribution in [0.15, 0.2) is 42.1 Å². The van der Waals surface area contributed by atoms with Gasteiger partial charge in [-0.1, -0.05) is 61.5 Å². The van der Waals surface area contributed by atoms with Crippen LogP contribution in [0.5, 0.6) is 0 Å². The maximum absolute atomic E-state index is 6.17. The zero-order chi connectivity index (χ0) is 14.5. The molecular weight excluding hydrogens is 290 g/mol. The second-order valence-corrected chi connectivity index (χ2v) is 6.12. The monoisotopic (exact) mass is 307 g/mol. The van der Waals surface area contributed by atoms with Crippen LogP contribution in [0, 0.1) is 0 Å². The molecule has 0 aliphatic carbocycles.